The van der Waals surface area contributed by atoms with Gasteiger partial charge in [0.2, 0.25) is 12.4 Å². The van der Waals surface area contributed by atoms with Gasteiger partial charge in [-0.05, 0) is 71.1 Å². The summed E-state index contributed by atoms with van der Waals surface area (Å²) in [6.45, 7) is 2.03. The van der Waals surface area contributed by atoms with Crippen LogP contribution in [-0.4, -0.2) is 56.5 Å². The van der Waals surface area contributed by atoms with E-state index in [1.54, 1.807) is 68.6 Å². The Morgan fingerprint density at radius 1 is 0.647 bits per heavy atom. The molecule has 1 aliphatic carbocycles. The van der Waals surface area contributed by atoms with Crippen LogP contribution in [0, 0.1) is 0 Å². The van der Waals surface area contributed by atoms with Crippen LogP contribution in [-0.2, 0) is 30.3 Å². The maximum Gasteiger partial charge on any atom is 0.508 e. The first-order valence-corrected chi connectivity index (χ1v) is 16.9. The second-order valence-electron chi connectivity index (χ2n) is 12.4. The highest BCUT2D eigenvalue weighted by molar-refractivity contribution is 5.89. The molecule has 0 bridgehead atoms. The molecule has 7 rings (SSSR count). The van der Waals surface area contributed by atoms with Gasteiger partial charge in [0.25, 0.3) is 0 Å². The summed E-state index contributed by atoms with van der Waals surface area (Å²) >= 11 is 0. The van der Waals surface area contributed by atoms with Crippen LogP contribution in [0.15, 0.2) is 133 Å². The van der Waals surface area contributed by atoms with Crippen LogP contribution in [0.1, 0.15) is 39.9 Å². The third kappa shape index (κ3) is 7.60. The fourth-order valence-electron chi connectivity index (χ4n) is 6.61. The molecule has 0 aromatic heterocycles. The number of hydrogen-bond donors (Lipinski definition) is 0. The van der Waals surface area contributed by atoms with E-state index in [1.165, 1.54) is 0 Å². The number of carbonyl (C=O) groups is 2. The minimum absolute atomic E-state index is 0.0431. The lowest BCUT2D eigenvalue weighted by Gasteiger charge is -2.43. The zero-order chi connectivity index (χ0) is 35.2. The number of ether oxygens (including phenoxy) is 7. The molecule has 1 heterocycles. The average molecular weight is 687 g/mol. The Balaban J connectivity index is 1.17. The number of esters is 1. The van der Waals surface area contributed by atoms with Gasteiger partial charge in [-0.3, -0.25) is 0 Å². The first kappa shape index (κ1) is 33.8. The zero-order valence-electron chi connectivity index (χ0n) is 28.3. The van der Waals surface area contributed by atoms with E-state index in [1.807, 2.05) is 66.7 Å². The van der Waals surface area contributed by atoms with Gasteiger partial charge >= 0.3 is 12.1 Å². The summed E-state index contributed by atoms with van der Waals surface area (Å²) in [5.74, 6) is 0.238. The van der Waals surface area contributed by atoms with Gasteiger partial charge in [0, 0.05) is 5.92 Å². The van der Waals surface area contributed by atoms with Crippen molar-refractivity contribution in [2.24, 2.45) is 0 Å². The monoisotopic (exact) mass is 686 g/mol. The van der Waals surface area contributed by atoms with Crippen LogP contribution >= 0.6 is 0 Å². The van der Waals surface area contributed by atoms with Crippen molar-refractivity contribution in [1.29, 1.82) is 0 Å². The Hall–Kier alpha value is -5.64. The van der Waals surface area contributed by atoms with Crippen LogP contribution in [0.4, 0.5) is 4.79 Å². The molecule has 5 aromatic carbocycles. The van der Waals surface area contributed by atoms with Gasteiger partial charge < -0.3 is 33.2 Å². The Labute approximate surface area is 296 Å². The molecule has 2 aliphatic rings. The molecule has 1 saturated heterocycles. The molecule has 51 heavy (non-hydrogen) atoms. The largest absolute Gasteiger partial charge is 0.508 e. The van der Waals surface area contributed by atoms with Crippen molar-refractivity contribution >= 4 is 12.1 Å². The average Bonchev–Trinajstić information content (AvgIpc) is 3.49. The van der Waals surface area contributed by atoms with Crippen molar-refractivity contribution in [3.63, 3.8) is 0 Å². The van der Waals surface area contributed by atoms with E-state index in [-0.39, 0.29) is 19.1 Å². The molecule has 260 valence electrons. The summed E-state index contributed by atoms with van der Waals surface area (Å²) in [4.78, 5) is 27.3. The summed E-state index contributed by atoms with van der Waals surface area (Å²) < 4.78 is 42.4. The maximum atomic E-state index is 13.7. The van der Waals surface area contributed by atoms with Gasteiger partial charge in [-0.1, -0.05) is 97.1 Å². The van der Waals surface area contributed by atoms with Crippen LogP contribution in [0.2, 0.25) is 0 Å². The van der Waals surface area contributed by atoms with Gasteiger partial charge in [0.05, 0.1) is 25.4 Å². The van der Waals surface area contributed by atoms with E-state index in [0.717, 1.165) is 27.8 Å². The predicted molar refractivity (Wildman–Crippen MR) is 189 cm³/mol. The van der Waals surface area contributed by atoms with Gasteiger partial charge in [0.1, 0.15) is 24.2 Å². The summed E-state index contributed by atoms with van der Waals surface area (Å²) in [7, 11) is 1.57. The first-order chi connectivity index (χ1) is 25.0. The summed E-state index contributed by atoms with van der Waals surface area (Å²) in [6, 6.07) is 41.2. The molecule has 0 spiro atoms. The lowest BCUT2D eigenvalue weighted by atomic mass is 9.98. The van der Waals surface area contributed by atoms with E-state index in [4.69, 9.17) is 33.2 Å². The van der Waals surface area contributed by atoms with Gasteiger partial charge in [0.15, 0.2) is 6.10 Å². The molecule has 9 heteroatoms. The molecule has 9 nitrogen and oxygen atoms in total. The summed E-state index contributed by atoms with van der Waals surface area (Å²) in [6.07, 6.45) is -6.07. The highest BCUT2D eigenvalue weighted by atomic mass is 16.8. The highest BCUT2D eigenvalue weighted by Crippen LogP contribution is 2.44. The normalized spacial score (nSPS) is 20.8. The van der Waals surface area contributed by atoms with Gasteiger partial charge in [-0.2, -0.15) is 0 Å². The van der Waals surface area contributed by atoms with E-state index < -0.39 is 42.8 Å². The van der Waals surface area contributed by atoms with Crippen LogP contribution in [0.3, 0.4) is 0 Å². The molecule has 0 radical (unpaired) electrons. The minimum Gasteiger partial charge on any atom is -0.497 e. The molecule has 1 aliphatic heterocycles. The molecule has 0 amide bonds. The lowest BCUT2D eigenvalue weighted by Crippen LogP contribution is -2.61. The van der Waals surface area contributed by atoms with Gasteiger partial charge in [-0.15, -0.1) is 0 Å². The third-order valence-electron chi connectivity index (χ3n) is 9.14. The van der Waals surface area contributed by atoms with Crippen molar-refractivity contribution in [3.05, 3.63) is 156 Å². The Kier molecular flexibility index (Phi) is 10.3. The predicted octanol–water partition coefficient (Wildman–Crippen LogP) is 7.96. The standard InChI is InChI=1S/C42H38O9/c1-27-37(46-25-28-13-5-3-6-14-28)38(51-42(44)47-26-36-34-19-11-9-17-32(34)33-18-10-12-20-35(33)36)39(50-40(43)29-15-7-4-8-16-29)41(48-27)49-31-23-21-30(45-2)22-24-31/h3-24,27,36-39,41H,25-26H2,1-2H3/t27-,37-,38+,39+,41-/m0/s1. The van der Waals surface area contributed by atoms with E-state index in [0.29, 0.717) is 17.1 Å². The molecule has 5 atom stereocenters. The Morgan fingerprint density at radius 2 is 1.24 bits per heavy atom. The number of methoxy groups -OCH3 is 1. The second-order valence-corrected chi connectivity index (χ2v) is 12.4. The molecule has 0 unspecified atom stereocenters. The lowest BCUT2D eigenvalue weighted by molar-refractivity contribution is -0.279. The molecule has 5 aromatic rings. The van der Waals surface area contributed by atoms with Crippen LogP contribution < -0.4 is 9.47 Å². The van der Waals surface area contributed by atoms with Crippen molar-refractivity contribution in [1.82, 2.24) is 0 Å². The van der Waals surface area contributed by atoms with E-state index >= 15 is 0 Å². The molecular formula is C42H38O9. The van der Waals surface area contributed by atoms with Gasteiger partial charge in [-0.25, -0.2) is 9.59 Å². The Bertz CT molecular complexity index is 1880. The van der Waals surface area contributed by atoms with Crippen molar-refractivity contribution in [2.75, 3.05) is 13.7 Å². The number of hydrogen-bond acceptors (Lipinski definition) is 9. The smallest absolute Gasteiger partial charge is 0.497 e. The third-order valence-corrected chi connectivity index (χ3v) is 9.14. The van der Waals surface area contributed by atoms with Crippen molar-refractivity contribution < 1.29 is 42.7 Å². The molecule has 0 saturated carbocycles. The topological polar surface area (TPSA) is 98.8 Å². The number of benzene rings is 5. The first-order valence-electron chi connectivity index (χ1n) is 16.9. The maximum absolute atomic E-state index is 13.7. The summed E-state index contributed by atoms with van der Waals surface area (Å²) in [5, 5.41) is 0. The molecule has 0 N–H and O–H groups in total. The fourth-order valence-corrected chi connectivity index (χ4v) is 6.61. The summed E-state index contributed by atoms with van der Waals surface area (Å²) in [5.41, 5.74) is 5.55. The minimum atomic E-state index is -1.25. The van der Waals surface area contributed by atoms with E-state index in [2.05, 4.69) is 12.1 Å². The second kappa shape index (κ2) is 15.5. The quantitative estimate of drug-likeness (QED) is 0.128. The number of carbonyl (C=O) groups excluding carboxylic acids is 2. The van der Waals surface area contributed by atoms with Crippen molar-refractivity contribution in [3.8, 4) is 22.6 Å². The number of fused-ring (bicyclic) bond motifs is 3. The fraction of sp³-hybridized carbons (Fsp3) is 0.238. The SMILES string of the molecule is COc1ccc(O[C@@H]2O[C@@H](C)[C@H](OCc3ccccc3)[C@@H](OC(=O)OCC3c4ccccc4-c4ccccc43)[C@H]2OC(=O)c2ccccc2)cc1. The Morgan fingerprint density at radius 3 is 1.88 bits per heavy atom. The number of rotatable bonds is 11. The molecule has 1 fully saturated rings. The van der Waals surface area contributed by atoms with E-state index in [9.17, 15) is 9.59 Å². The van der Waals surface area contributed by atoms with Crippen LogP contribution in [0.5, 0.6) is 11.5 Å². The molecular weight excluding hydrogens is 648 g/mol. The highest BCUT2D eigenvalue weighted by Gasteiger charge is 2.51. The zero-order valence-corrected chi connectivity index (χ0v) is 28.3. The van der Waals surface area contributed by atoms with Crippen LogP contribution in [0.25, 0.3) is 11.1 Å². The van der Waals surface area contributed by atoms with Crippen molar-refractivity contribution in [2.45, 2.75) is 50.2 Å².